The molecule has 14 rings (SSSR count). The van der Waals surface area contributed by atoms with Crippen LogP contribution >= 0.6 is 0 Å². The fourth-order valence-corrected chi connectivity index (χ4v) is 11.4. The first-order chi connectivity index (χ1) is 32.7. The molecule has 0 amide bonds. The standard InChI is InChI=1S/C66H40/c1-3-17-43-35-48(31-29-41(43)15-1)63-54-25-11-12-26-55(54)64(49-32-30-42-16-2-4-18-44(42)36-49)60-40-50(33-34-58(60)63)65-56-27-13-14-28-57(56)66(62-38-46-20-6-5-19-45(46)37-61(62)65)59-39-47-21-7-8-22-51(47)52-23-9-10-24-53(52)59/h1-40H. The molecule has 14 aromatic carbocycles. The molecule has 0 aliphatic rings. The van der Waals surface area contributed by atoms with Crippen LogP contribution in [0.1, 0.15) is 0 Å². The Kier molecular flexibility index (Phi) is 8.08. The highest BCUT2D eigenvalue weighted by Crippen LogP contribution is 2.50. The summed E-state index contributed by atoms with van der Waals surface area (Å²) in [6.07, 6.45) is 0. The maximum Gasteiger partial charge on any atom is -0.00197 e. The topological polar surface area (TPSA) is 0 Å². The van der Waals surface area contributed by atoms with Crippen LogP contribution in [0.5, 0.6) is 0 Å². The number of fused-ring (bicyclic) bond motifs is 10. The molecule has 0 aliphatic carbocycles. The molecule has 66 heavy (non-hydrogen) atoms. The lowest BCUT2D eigenvalue weighted by Crippen LogP contribution is -1.94. The predicted octanol–water partition coefficient (Wildman–Crippen LogP) is 18.7. The Morgan fingerprint density at radius 2 is 0.485 bits per heavy atom. The molecule has 0 aliphatic heterocycles. The van der Waals surface area contributed by atoms with Gasteiger partial charge in [0.15, 0.2) is 0 Å². The molecule has 0 heterocycles. The van der Waals surface area contributed by atoms with Crippen LogP contribution in [0.25, 0.3) is 141 Å². The van der Waals surface area contributed by atoms with Gasteiger partial charge in [-0.2, -0.15) is 0 Å². The first-order valence-corrected chi connectivity index (χ1v) is 23.0. The van der Waals surface area contributed by atoms with Crippen LogP contribution in [0, 0.1) is 0 Å². The van der Waals surface area contributed by atoms with Gasteiger partial charge in [0.25, 0.3) is 0 Å². The largest absolute Gasteiger partial charge is 0.0616 e. The molecule has 0 atom stereocenters. The van der Waals surface area contributed by atoms with E-state index in [1.807, 2.05) is 0 Å². The summed E-state index contributed by atoms with van der Waals surface area (Å²) in [5, 5.41) is 22.5. The second-order valence-electron chi connectivity index (χ2n) is 17.9. The molecule has 0 heteroatoms. The Hall–Kier alpha value is -8.58. The molecule has 0 radical (unpaired) electrons. The maximum absolute atomic E-state index is 2.51. The Labute approximate surface area is 382 Å². The minimum Gasteiger partial charge on any atom is -0.0616 e. The fourth-order valence-electron chi connectivity index (χ4n) is 11.4. The molecule has 0 saturated heterocycles. The van der Waals surface area contributed by atoms with E-state index in [1.165, 1.54) is 141 Å². The third kappa shape index (κ3) is 5.59. The molecule has 14 aromatic rings. The summed E-state index contributed by atoms with van der Waals surface area (Å²) in [7, 11) is 0. The summed E-state index contributed by atoms with van der Waals surface area (Å²) in [4.78, 5) is 0. The van der Waals surface area contributed by atoms with Gasteiger partial charge in [0.1, 0.15) is 0 Å². The Morgan fingerprint density at radius 1 is 0.152 bits per heavy atom. The summed E-state index contributed by atoms with van der Waals surface area (Å²) in [6, 6.07) is 90.9. The van der Waals surface area contributed by atoms with Gasteiger partial charge in [-0.1, -0.05) is 206 Å². The highest BCUT2D eigenvalue weighted by atomic mass is 14.3. The minimum atomic E-state index is 1.20. The zero-order valence-electron chi connectivity index (χ0n) is 36.1. The van der Waals surface area contributed by atoms with E-state index in [2.05, 4.69) is 243 Å². The van der Waals surface area contributed by atoms with Crippen LogP contribution < -0.4 is 0 Å². The van der Waals surface area contributed by atoms with Crippen LogP contribution in [0.3, 0.4) is 0 Å². The van der Waals surface area contributed by atoms with Crippen molar-refractivity contribution in [3.8, 4) is 44.5 Å². The van der Waals surface area contributed by atoms with Crippen molar-refractivity contribution in [1.29, 1.82) is 0 Å². The molecule has 304 valence electrons. The van der Waals surface area contributed by atoms with Crippen molar-refractivity contribution < 1.29 is 0 Å². The maximum atomic E-state index is 2.51. The lowest BCUT2D eigenvalue weighted by molar-refractivity contribution is 1.67. The molecule has 0 N–H and O–H groups in total. The predicted molar refractivity (Wildman–Crippen MR) is 286 cm³/mol. The third-order valence-corrected chi connectivity index (χ3v) is 14.3. The average Bonchev–Trinajstić information content (AvgIpc) is 3.38. The van der Waals surface area contributed by atoms with Gasteiger partial charge < -0.3 is 0 Å². The van der Waals surface area contributed by atoms with E-state index in [0.29, 0.717) is 0 Å². The molecule has 0 nitrogen and oxygen atoms in total. The first-order valence-electron chi connectivity index (χ1n) is 23.0. The molecular formula is C66H40. The SMILES string of the molecule is c1ccc2cc(-c3c4ccccc4c(-c4ccc5ccccc5c4)c4cc(-c5c6ccccc6c(-c6cc7ccccc7c7ccccc67)c6cc7ccccc7cc56)ccc34)ccc2c1. The Bertz CT molecular complexity index is 4340. The van der Waals surface area contributed by atoms with Crippen molar-refractivity contribution in [2.45, 2.75) is 0 Å². The molecule has 0 bridgehead atoms. The van der Waals surface area contributed by atoms with Crippen LogP contribution in [0.2, 0.25) is 0 Å². The molecule has 0 fully saturated rings. The highest BCUT2D eigenvalue weighted by molar-refractivity contribution is 6.29. The zero-order valence-corrected chi connectivity index (χ0v) is 36.1. The molecule has 0 saturated carbocycles. The van der Waals surface area contributed by atoms with Crippen LogP contribution in [-0.2, 0) is 0 Å². The van der Waals surface area contributed by atoms with Crippen molar-refractivity contribution in [1.82, 2.24) is 0 Å². The number of hydrogen-bond acceptors (Lipinski definition) is 0. The second-order valence-corrected chi connectivity index (χ2v) is 17.9. The third-order valence-electron chi connectivity index (χ3n) is 14.3. The summed E-state index contributed by atoms with van der Waals surface area (Å²) >= 11 is 0. The molecule has 0 spiro atoms. The number of hydrogen-bond donors (Lipinski definition) is 0. The van der Waals surface area contributed by atoms with Crippen molar-refractivity contribution in [3.05, 3.63) is 243 Å². The molecule has 0 unspecified atom stereocenters. The van der Waals surface area contributed by atoms with Crippen LogP contribution in [0.4, 0.5) is 0 Å². The second kappa shape index (κ2) is 14.5. The average molecular weight is 833 g/mol. The van der Waals surface area contributed by atoms with Crippen LogP contribution in [-0.4, -0.2) is 0 Å². The van der Waals surface area contributed by atoms with Gasteiger partial charge in [-0.25, -0.2) is 0 Å². The van der Waals surface area contributed by atoms with E-state index in [1.54, 1.807) is 0 Å². The zero-order chi connectivity index (χ0) is 43.3. The van der Waals surface area contributed by atoms with Gasteiger partial charge >= 0.3 is 0 Å². The van der Waals surface area contributed by atoms with Gasteiger partial charge in [-0.05, 0) is 178 Å². The fraction of sp³-hybridized carbons (Fsp3) is 0. The first kappa shape index (κ1) is 36.9. The summed E-state index contributed by atoms with van der Waals surface area (Å²) in [5.41, 5.74) is 9.97. The summed E-state index contributed by atoms with van der Waals surface area (Å²) in [5.74, 6) is 0. The summed E-state index contributed by atoms with van der Waals surface area (Å²) < 4.78 is 0. The number of benzene rings is 14. The lowest BCUT2D eigenvalue weighted by Gasteiger charge is -2.22. The van der Waals surface area contributed by atoms with E-state index in [4.69, 9.17) is 0 Å². The summed E-state index contributed by atoms with van der Waals surface area (Å²) in [6.45, 7) is 0. The van der Waals surface area contributed by atoms with Gasteiger partial charge in [0, 0.05) is 0 Å². The highest BCUT2D eigenvalue weighted by Gasteiger charge is 2.23. The van der Waals surface area contributed by atoms with E-state index >= 15 is 0 Å². The van der Waals surface area contributed by atoms with Gasteiger partial charge in [0.2, 0.25) is 0 Å². The minimum absolute atomic E-state index is 1.20. The van der Waals surface area contributed by atoms with Gasteiger partial charge in [0.05, 0.1) is 0 Å². The van der Waals surface area contributed by atoms with Crippen molar-refractivity contribution in [3.63, 3.8) is 0 Å². The lowest BCUT2D eigenvalue weighted by atomic mass is 9.81. The number of rotatable bonds is 4. The van der Waals surface area contributed by atoms with Crippen molar-refractivity contribution in [2.24, 2.45) is 0 Å². The monoisotopic (exact) mass is 832 g/mol. The van der Waals surface area contributed by atoms with Crippen LogP contribution in [0.15, 0.2) is 243 Å². The van der Waals surface area contributed by atoms with E-state index in [0.717, 1.165) is 0 Å². The van der Waals surface area contributed by atoms with Gasteiger partial charge in [-0.3, -0.25) is 0 Å². The van der Waals surface area contributed by atoms with Crippen molar-refractivity contribution in [2.75, 3.05) is 0 Å². The Morgan fingerprint density at radius 3 is 1.03 bits per heavy atom. The van der Waals surface area contributed by atoms with Crippen molar-refractivity contribution >= 4 is 97.0 Å². The quantitative estimate of drug-likeness (QED) is 0.122. The molecular weight excluding hydrogens is 793 g/mol. The smallest absolute Gasteiger partial charge is 0.00197 e. The van der Waals surface area contributed by atoms with Gasteiger partial charge in [-0.15, -0.1) is 0 Å². The van der Waals surface area contributed by atoms with E-state index in [-0.39, 0.29) is 0 Å². The normalized spacial score (nSPS) is 11.9. The molecule has 0 aromatic heterocycles. The Balaban J connectivity index is 1.13. The van der Waals surface area contributed by atoms with E-state index in [9.17, 15) is 0 Å². The van der Waals surface area contributed by atoms with E-state index < -0.39 is 0 Å².